The summed E-state index contributed by atoms with van der Waals surface area (Å²) >= 11 is 1.38. The maximum atomic E-state index is 12.5. The maximum Gasteiger partial charge on any atom is 0.257 e. The fourth-order valence-corrected chi connectivity index (χ4v) is 3.43. The molecule has 0 spiro atoms. The van der Waals surface area contributed by atoms with E-state index in [1.165, 1.54) is 11.3 Å². The molecule has 0 radical (unpaired) electrons. The molecule has 1 amide bonds. The maximum absolute atomic E-state index is 12.5. The Morgan fingerprint density at radius 1 is 1.04 bits per heavy atom. The Balaban J connectivity index is 1.69. The van der Waals surface area contributed by atoms with E-state index in [4.69, 9.17) is 0 Å². The molecule has 0 saturated heterocycles. The second-order valence-electron chi connectivity index (χ2n) is 5.38. The van der Waals surface area contributed by atoms with E-state index >= 15 is 0 Å². The number of nitrogens with zero attached hydrogens (tertiary/aromatic N) is 1. The third-order valence-corrected chi connectivity index (χ3v) is 4.70. The number of aromatic nitrogens is 1. The van der Waals surface area contributed by atoms with E-state index in [9.17, 15) is 9.59 Å². The highest BCUT2D eigenvalue weighted by molar-refractivity contribution is 7.13. The quantitative estimate of drug-likeness (QED) is 0.609. The van der Waals surface area contributed by atoms with Crippen molar-refractivity contribution >= 4 is 28.2 Å². The zero-order valence-corrected chi connectivity index (χ0v) is 13.1. The van der Waals surface area contributed by atoms with Crippen molar-refractivity contribution in [3.63, 3.8) is 0 Å². The minimum Gasteiger partial charge on any atom is -0.298 e. The topological polar surface area (TPSA) is 59.1 Å². The molecule has 0 unspecified atom stereocenters. The van der Waals surface area contributed by atoms with Gasteiger partial charge in [-0.3, -0.25) is 14.9 Å². The van der Waals surface area contributed by atoms with Gasteiger partial charge >= 0.3 is 0 Å². The molecule has 1 heterocycles. The van der Waals surface area contributed by atoms with Crippen molar-refractivity contribution in [2.45, 2.75) is 6.92 Å². The van der Waals surface area contributed by atoms with Gasteiger partial charge in [0.1, 0.15) is 0 Å². The molecule has 4 rings (SSSR count). The SMILES string of the molecule is Cc1csc(NC(=O)c2ccc3c(c2)C(=O)c2ccccc2-3)n1. The number of benzene rings is 2. The van der Waals surface area contributed by atoms with E-state index < -0.39 is 0 Å². The largest absolute Gasteiger partial charge is 0.298 e. The van der Waals surface area contributed by atoms with Crippen molar-refractivity contribution in [3.8, 4) is 11.1 Å². The summed E-state index contributed by atoms with van der Waals surface area (Å²) in [5.41, 5.74) is 4.40. The summed E-state index contributed by atoms with van der Waals surface area (Å²) in [5.74, 6) is -0.291. The fraction of sp³-hybridized carbons (Fsp3) is 0.0556. The second kappa shape index (κ2) is 5.14. The highest BCUT2D eigenvalue weighted by Crippen LogP contribution is 2.36. The van der Waals surface area contributed by atoms with E-state index in [1.807, 2.05) is 42.6 Å². The number of amides is 1. The van der Waals surface area contributed by atoms with E-state index in [0.717, 1.165) is 16.8 Å². The lowest BCUT2D eigenvalue weighted by atomic mass is 10.0. The van der Waals surface area contributed by atoms with E-state index in [2.05, 4.69) is 10.3 Å². The van der Waals surface area contributed by atoms with Crippen LogP contribution in [-0.2, 0) is 0 Å². The predicted octanol–water partition coefficient (Wildman–Crippen LogP) is 3.92. The summed E-state index contributed by atoms with van der Waals surface area (Å²) in [7, 11) is 0. The molecular weight excluding hydrogens is 308 g/mol. The zero-order valence-electron chi connectivity index (χ0n) is 12.3. The van der Waals surface area contributed by atoms with Gasteiger partial charge in [0, 0.05) is 22.1 Å². The van der Waals surface area contributed by atoms with Gasteiger partial charge in [0.15, 0.2) is 10.9 Å². The molecule has 1 N–H and O–H groups in total. The van der Waals surface area contributed by atoms with Crippen molar-refractivity contribution in [3.05, 3.63) is 70.2 Å². The van der Waals surface area contributed by atoms with Crippen LogP contribution in [0.4, 0.5) is 5.13 Å². The summed E-state index contributed by atoms with van der Waals surface area (Å²) < 4.78 is 0. The highest BCUT2D eigenvalue weighted by atomic mass is 32.1. The molecule has 0 atom stereocenters. The third-order valence-electron chi connectivity index (χ3n) is 3.83. The molecule has 5 heteroatoms. The molecule has 4 nitrogen and oxygen atoms in total. The van der Waals surface area contributed by atoms with Gasteiger partial charge in [-0.15, -0.1) is 11.3 Å². The van der Waals surface area contributed by atoms with Crippen LogP contribution in [-0.4, -0.2) is 16.7 Å². The van der Waals surface area contributed by atoms with Crippen molar-refractivity contribution in [2.75, 3.05) is 5.32 Å². The standard InChI is InChI=1S/C18H12N2O2S/c1-10-9-23-18(19-10)20-17(22)11-6-7-13-12-4-2-3-5-14(12)16(21)15(13)8-11/h2-9H,1H3,(H,19,20,22). The molecule has 112 valence electrons. The number of hydrogen-bond acceptors (Lipinski definition) is 4. The first-order valence-corrected chi connectivity index (χ1v) is 8.03. The summed E-state index contributed by atoms with van der Waals surface area (Å²) in [6, 6.07) is 12.7. The Morgan fingerprint density at radius 3 is 2.52 bits per heavy atom. The lowest BCUT2D eigenvalue weighted by Gasteiger charge is -2.04. The zero-order chi connectivity index (χ0) is 16.0. The average molecular weight is 320 g/mol. The molecule has 0 fully saturated rings. The van der Waals surface area contributed by atoms with Crippen LogP contribution >= 0.6 is 11.3 Å². The third kappa shape index (κ3) is 2.26. The number of hydrogen-bond donors (Lipinski definition) is 1. The van der Waals surface area contributed by atoms with Crippen LogP contribution < -0.4 is 5.32 Å². The normalized spacial score (nSPS) is 12.0. The number of carbonyl (C=O) groups excluding carboxylic acids is 2. The number of aryl methyl sites for hydroxylation is 1. The molecule has 23 heavy (non-hydrogen) atoms. The predicted molar refractivity (Wildman–Crippen MR) is 90.1 cm³/mol. The monoisotopic (exact) mass is 320 g/mol. The number of carbonyl (C=O) groups is 2. The summed E-state index contributed by atoms with van der Waals surface area (Å²) in [4.78, 5) is 29.0. The number of thiazole rings is 1. The van der Waals surface area contributed by atoms with E-state index in [-0.39, 0.29) is 11.7 Å². The number of ketones is 1. The smallest absolute Gasteiger partial charge is 0.257 e. The number of rotatable bonds is 2. The van der Waals surface area contributed by atoms with Crippen LogP contribution in [0.5, 0.6) is 0 Å². The van der Waals surface area contributed by atoms with Gasteiger partial charge in [-0.05, 0) is 30.2 Å². The summed E-state index contributed by atoms with van der Waals surface area (Å²) in [5, 5.41) is 5.19. The van der Waals surface area contributed by atoms with Crippen molar-refractivity contribution in [1.82, 2.24) is 4.98 Å². The summed E-state index contributed by atoms with van der Waals surface area (Å²) in [6.07, 6.45) is 0. The molecule has 2 aromatic carbocycles. The minimum absolute atomic E-state index is 0.0321. The van der Waals surface area contributed by atoms with Crippen molar-refractivity contribution in [2.24, 2.45) is 0 Å². The first-order valence-electron chi connectivity index (χ1n) is 7.15. The van der Waals surface area contributed by atoms with Gasteiger partial charge < -0.3 is 0 Å². The van der Waals surface area contributed by atoms with Crippen LogP contribution in [0.3, 0.4) is 0 Å². The molecule has 3 aromatic rings. The van der Waals surface area contributed by atoms with Crippen LogP contribution in [0.25, 0.3) is 11.1 Å². The first-order chi connectivity index (χ1) is 11.1. The minimum atomic E-state index is -0.258. The van der Waals surface area contributed by atoms with Crippen LogP contribution in [0, 0.1) is 6.92 Å². The van der Waals surface area contributed by atoms with Gasteiger partial charge in [-0.25, -0.2) is 4.98 Å². The van der Waals surface area contributed by atoms with Crippen LogP contribution in [0.15, 0.2) is 47.8 Å². The average Bonchev–Trinajstić information content (AvgIpc) is 3.10. The first kappa shape index (κ1) is 13.8. The molecule has 1 aromatic heterocycles. The van der Waals surface area contributed by atoms with Gasteiger partial charge in [0.25, 0.3) is 5.91 Å². The summed E-state index contributed by atoms with van der Waals surface area (Å²) in [6.45, 7) is 1.87. The number of fused-ring (bicyclic) bond motifs is 3. The van der Waals surface area contributed by atoms with E-state index in [0.29, 0.717) is 21.8 Å². The highest BCUT2D eigenvalue weighted by Gasteiger charge is 2.27. The number of nitrogens with one attached hydrogen (secondary N) is 1. The Hall–Kier alpha value is -2.79. The number of anilines is 1. The Morgan fingerprint density at radius 2 is 1.78 bits per heavy atom. The fourth-order valence-electron chi connectivity index (χ4n) is 2.75. The Kier molecular flexibility index (Phi) is 3.09. The van der Waals surface area contributed by atoms with Gasteiger partial charge in [0.05, 0.1) is 5.69 Å². The molecule has 0 bridgehead atoms. The van der Waals surface area contributed by atoms with Gasteiger partial charge in [-0.2, -0.15) is 0 Å². The van der Waals surface area contributed by atoms with E-state index in [1.54, 1.807) is 12.1 Å². The Labute approximate surface area is 136 Å². The van der Waals surface area contributed by atoms with Gasteiger partial charge in [0.2, 0.25) is 0 Å². The molecule has 1 aliphatic carbocycles. The second-order valence-corrected chi connectivity index (χ2v) is 6.24. The molecular formula is C18H12N2O2S. The van der Waals surface area contributed by atoms with Gasteiger partial charge in [-0.1, -0.05) is 30.3 Å². The Bertz CT molecular complexity index is 959. The lowest BCUT2D eigenvalue weighted by molar-refractivity contribution is 0.102. The van der Waals surface area contributed by atoms with Crippen LogP contribution in [0.1, 0.15) is 32.0 Å². The lowest BCUT2D eigenvalue weighted by Crippen LogP contribution is -2.12. The molecule has 1 aliphatic rings. The molecule has 0 aliphatic heterocycles. The van der Waals surface area contributed by atoms with Crippen LogP contribution in [0.2, 0.25) is 0 Å². The molecule has 0 saturated carbocycles. The van der Waals surface area contributed by atoms with Crippen molar-refractivity contribution < 1.29 is 9.59 Å². The van der Waals surface area contributed by atoms with Crippen molar-refractivity contribution in [1.29, 1.82) is 0 Å².